The summed E-state index contributed by atoms with van der Waals surface area (Å²) in [6.45, 7) is 2.77. The number of hydrogen-bond donors (Lipinski definition) is 0. The fourth-order valence-electron chi connectivity index (χ4n) is 2.64. The van der Waals surface area contributed by atoms with Crippen molar-refractivity contribution in [1.82, 2.24) is 19.6 Å². The Hall–Kier alpha value is -2.41. The van der Waals surface area contributed by atoms with Gasteiger partial charge in [0.25, 0.3) is 5.78 Å². The summed E-state index contributed by atoms with van der Waals surface area (Å²) in [5.74, 6) is 0.668. The van der Waals surface area contributed by atoms with E-state index in [1.165, 1.54) is 17.3 Å². The van der Waals surface area contributed by atoms with Gasteiger partial charge in [-0.15, -0.1) is 5.10 Å². The average Bonchev–Trinajstić information content (AvgIpc) is 3.12. The van der Waals surface area contributed by atoms with Crippen molar-refractivity contribution >= 4 is 29.1 Å². The second-order valence-electron chi connectivity index (χ2n) is 5.48. The Morgan fingerprint density at radius 2 is 2.09 bits per heavy atom. The molecular formula is C16H15N5OS. The van der Waals surface area contributed by atoms with Crippen LogP contribution in [-0.4, -0.2) is 37.3 Å². The molecule has 0 unspecified atom stereocenters. The van der Waals surface area contributed by atoms with E-state index in [-0.39, 0.29) is 11.2 Å². The first-order chi connectivity index (χ1) is 11.2. The normalized spacial score (nSPS) is 18.0. The summed E-state index contributed by atoms with van der Waals surface area (Å²) < 4.78 is 1.62. The van der Waals surface area contributed by atoms with Crippen LogP contribution >= 0.6 is 11.8 Å². The van der Waals surface area contributed by atoms with E-state index < -0.39 is 0 Å². The van der Waals surface area contributed by atoms with Gasteiger partial charge >= 0.3 is 0 Å². The molecule has 0 saturated carbocycles. The van der Waals surface area contributed by atoms with E-state index in [2.05, 4.69) is 15.1 Å². The van der Waals surface area contributed by atoms with Crippen LogP contribution in [-0.2, 0) is 4.79 Å². The highest BCUT2D eigenvalue weighted by atomic mass is 32.2. The molecule has 0 aliphatic carbocycles. The van der Waals surface area contributed by atoms with E-state index >= 15 is 0 Å². The SMILES string of the molecule is Cc1ccc(N2CC[C@@H](Sc3nc4ncccn4n3)C2=O)cc1. The number of thioether (sulfide) groups is 1. The number of anilines is 1. The Bertz CT molecular complexity index is 827. The van der Waals surface area contributed by atoms with E-state index in [1.54, 1.807) is 23.0 Å². The molecule has 1 atom stereocenters. The van der Waals surface area contributed by atoms with Crippen molar-refractivity contribution in [2.75, 3.05) is 11.4 Å². The molecule has 0 radical (unpaired) electrons. The van der Waals surface area contributed by atoms with Crippen LogP contribution in [0.15, 0.2) is 47.9 Å². The summed E-state index contributed by atoms with van der Waals surface area (Å²) in [6.07, 6.45) is 4.27. The van der Waals surface area contributed by atoms with E-state index in [9.17, 15) is 4.79 Å². The van der Waals surface area contributed by atoms with E-state index in [1.807, 2.05) is 36.1 Å². The van der Waals surface area contributed by atoms with Gasteiger partial charge in [0.1, 0.15) is 0 Å². The van der Waals surface area contributed by atoms with E-state index in [0.29, 0.717) is 10.9 Å². The van der Waals surface area contributed by atoms with Crippen LogP contribution in [0.5, 0.6) is 0 Å². The lowest BCUT2D eigenvalue weighted by Crippen LogP contribution is -2.27. The second-order valence-corrected chi connectivity index (χ2v) is 6.65. The lowest BCUT2D eigenvalue weighted by atomic mass is 10.2. The van der Waals surface area contributed by atoms with E-state index in [0.717, 1.165) is 18.7 Å². The highest BCUT2D eigenvalue weighted by Gasteiger charge is 2.34. The molecule has 4 rings (SSSR count). The molecule has 0 bridgehead atoms. The van der Waals surface area contributed by atoms with Gasteiger partial charge in [-0.05, 0) is 31.5 Å². The maximum absolute atomic E-state index is 12.6. The van der Waals surface area contributed by atoms with Gasteiger partial charge in [-0.2, -0.15) is 4.98 Å². The smallest absolute Gasteiger partial charge is 0.253 e. The van der Waals surface area contributed by atoms with E-state index in [4.69, 9.17) is 0 Å². The van der Waals surface area contributed by atoms with Crippen LogP contribution in [0.25, 0.3) is 5.78 Å². The molecule has 1 aliphatic rings. The number of carbonyl (C=O) groups is 1. The Morgan fingerprint density at radius 3 is 2.87 bits per heavy atom. The van der Waals surface area contributed by atoms with Gasteiger partial charge in [0.15, 0.2) is 0 Å². The number of nitrogens with zero attached hydrogens (tertiary/aromatic N) is 5. The summed E-state index contributed by atoms with van der Waals surface area (Å²) in [5, 5.41) is 4.80. The van der Waals surface area contributed by atoms with Crippen LogP contribution in [0.4, 0.5) is 5.69 Å². The molecule has 7 heteroatoms. The molecule has 1 amide bonds. The summed E-state index contributed by atoms with van der Waals surface area (Å²) in [6, 6.07) is 9.84. The molecule has 1 aliphatic heterocycles. The zero-order valence-corrected chi connectivity index (χ0v) is 13.4. The summed E-state index contributed by atoms with van der Waals surface area (Å²) in [7, 11) is 0. The molecule has 23 heavy (non-hydrogen) atoms. The van der Waals surface area contributed by atoms with Crippen molar-refractivity contribution in [3.8, 4) is 0 Å². The highest BCUT2D eigenvalue weighted by Crippen LogP contribution is 2.31. The summed E-state index contributed by atoms with van der Waals surface area (Å²) >= 11 is 1.41. The maximum atomic E-state index is 12.6. The molecule has 0 N–H and O–H groups in total. The Balaban J connectivity index is 1.52. The standard InChI is InChI=1S/C16H15N5OS/c1-11-3-5-12(6-4-11)20-10-7-13(14(20)22)23-16-18-15-17-8-2-9-21(15)19-16/h2-6,8-9,13H,7,10H2,1H3/t13-/m1/s1. The number of aromatic nitrogens is 4. The number of carbonyl (C=O) groups excluding carboxylic acids is 1. The minimum atomic E-state index is -0.145. The third-order valence-corrected chi connectivity index (χ3v) is 4.95. The summed E-state index contributed by atoms with van der Waals surface area (Å²) in [4.78, 5) is 23.0. The number of rotatable bonds is 3. The number of aryl methyl sites for hydroxylation is 1. The van der Waals surface area contributed by atoms with Gasteiger partial charge in [0.05, 0.1) is 5.25 Å². The zero-order chi connectivity index (χ0) is 15.8. The lowest BCUT2D eigenvalue weighted by molar-refractivity contribution is -0.116. The molecular weight excluding hydrogens is 310 g/mol. The molecule has 0 spiro atoms. The fraction of sp³-hybridized carbons (Fsp3) is 0.250. The molecule has 1 fully saturated rings. The molecule has 6 nitrogen and oxygen atoms in total. The predicted octanol–water partition coefficient (Wildman–Crippen LogP) is 2.33. The Morgan fingerprint density at radius 1 is 1.26 bits per heavy atom. The quantitative estimate of drug-likeness (QED) is 0.739. The van der Waals surface area contributed by atoms with Gasteiger partial charge in [0, 0.05) is 24.6 Å². The zero-order valence-electron chi connectivity index (χ0n) is 12.6. The molecule has 2 aromatic heterocycles. The van der Waals surface area contributed by atoms with Crippen molar-refractivity contribution in [1.29, 1.82) is 0 Å². The van der Waals surface area contributed by atoms with Crippen molar-refractivity contribution in [2.45, 2.75) is 23.8 Å². The van der Waals surface area contributed by atoms with Crippen molar-refractivity contribution in [3.05, 3.63) is 48.3 Å². The van der Waals surface area contributed by atoms with Crippen LogP contribution in [0.3, 0.4) is 0 Å². The maximum Gasteiger partial charge on any atom is 0.253 e. The van der Waals surface area contributed by atoms with Crippen molar-refractivity contribution in [2.24, 2.45) is 0 Å². The molecule has 116 valence electrons. The van der Waals surface area contributed by atoms with Gasteiger partial charge in [0.2, 0.25) is 11.1 Å². The first-order valence-corrected chi connectivity index (χ1v) is 8.31. The summed E-state index contributed by atoms with van der Waals surface area (Å²) in [5.41, 5.74) is 2.14. The van der Waals surface area contributed by atoms with Crippen molar-refractivity contribution < 1.29 is 4.79 Å². The number of fused-ring (bicyclic) bond motifs is 1. The fourth-order valence-corrected chi connectivity index (χ4v) is 3.61. The van der Waals surface area contributed by atoms with Gasteiger partial charge in [-0.1, -0.05) is 29.5 Å². The third-order valence-electron chi connectivity index (χ3n) is 3.85. The first-order valence-electron chi connectivity index (χ1n) is 7.43. The van der Waals surface area contributed by atoms with Gasteiger partial charge < -0.3 is 4.90 Å². The first kappa shape index (κ1) is 14.2. The predicted molar refractivity (Wildman–Crippen MR) is 88.6 cm³/mol. The number of hydrogen-bond acceptors (Lipinski definition) is 5. The Kier molecular flexibility index (Phi) is 3.49. The molecule has 3 heterocycles. The minimum Gasteiger partial charge on any atom is -0.311 e. The molecule has 1 saturated heterocycles. The average molecular weight is 325 g/mol. The van der Waals surface area contributed by atoms with Crippen LogP contribution in [0, 0.1) is 6.92 Å². The lowest BCUT2D eigenvalue weighted by Gasteiger charge is -2.16. The second kappa shape index (κ2) is 5.66. The van der Waals surface area contributed by atoms with Crippen LogP contribution < -0.4 is 4.90 Å². The molecule has 1 aromatic carbocycles. The Labute approximate surface area is 137 Å². The highest BCUT2D eigenvalue weighted by molar-refractivity contribution is 8.00. The van der Waals surface area contributed by atoms with Gasteiger partial charge in [-0.3, -0.25) is 4.79 Å². The van der Waals surface area contributed by atoms with Gasteiger partial charge in [-0.25, -0.2) is 9.50 Å². The number of benzene rings is 1. The van der Waals surface area contributed by atoms with Crippen LogP contribution in [0.1, 0.15) is 12.0 Å². The van der Waals surface area contributed by atoms with Crippen molar-refractivity contribution in [3.63, 3.8) is 0 Å². The monoisotopic (exact) mass is 325 g/mol. The third kappa shape index (κ3) is 2.68. The minimum absolute atomic E-state index is 0.116. The molecule has 3 aromatic rings. The number of amides is 1. The topological polar surface area (TPSA) is 63.4 Å². The largest absolute Gasteiger partial charge is 0.311 e. The van der Waals surface area contributed by atoms with Crippen LogP contribution in [0.2, 0.25) is 0 Å².